The minimum absolute atomic E-state index is 0.0649. The molecule has 4 heteroatoms. The molecule has 1 aliphatic rings. The summed E-state index contributed by atoms with van der Waals surface area (Å²) < 4.78 is 6.08. The van der Waals surface area contributed by atoms with Crippen molar-refractivity contribution in [2.45, 2.75) is 24.4 Å². The number of rotatable bonds is 3. The first-order valence-electron chi connectivity index (χ1n) is 5.11. The maximum absolute atomic E-state index is 11.4. The lowest BCUT2D eigenvalue weighted by Crippen LogP contribution is -2.51. The minimum atomic E-state index is -0.765. The van der Waals surface area contributed by atoms with Crippen LogP contribution in [0.1, 0.15) is 18.4 Å². The maximum Gasteiger partial charge on any atom is 0.314 e. The molecule has 0 aromatic heterocycles. The van der Waals surface area contributed by atoms with Gasteiger partial charge in [-0.25, -0.2) is 0 Å². The molecule has 0 aliphatic heterocycles. The van der Waals surface area contributed by atoms with Gasteiger partial charge in [-0.2, -0.15) is 0 Å². The van der Waals surface area contributed by atoms with Gasteiger partial charge in [-0.15, -0.1) is 0 Å². The van der Waals surface area contributed by atoms with E-state index < -0.39 is 11.4 Å². The SMILES string of the molecule is CO[C@H]1C[C@](C(=O)O)(c2cccc(Br)c2)C1. The summed E-state index contributed by atoms with van der Waals surface area (Å²) in [5.41, 5.74) is 0.0902. The zero-order valence-corrected chi connectivity index (χ0v) is 10.5. The van der Waals surface area contributed by atoms with Gasteiger partial charge >= 0.3 is 5.97 Å². The highest BCUT2D eigenvalue weighted by molar-refractivity contribution is 9.10. The standard InChI is InChI=1S/C12H13BrO3/c1-16-10-6-12(7-10,11(14)15)8-3-2-4-9(13)5-8/h2-5,10H,6-7H2,1H3,(H,14,15)/t10-,12+. The van der Waals surface area contributed by atoms with Gasteiger partial charge in [-0.05, 0) is 30.5 Å². The van der Waals surface area contributed by atoms with E-state index in [2.05, 4.69) is 15.9 Å². The third-order valence-electron chi connectivity index (χ3n) is 3.27. The predicted octanol–water partition coefficient (Wildman–Crippen LogP) is 2.58. The van der Waals surface area contributed by atoms with Crippen LogP contribution in [-0.4, -0.2) is 24.3 Å². The van der Waals surface area contributed by atoms with E-state index in [-0.39, 0.29) is 6.10 Å². The zero-order chi connectivity index (χ0) is 11.8. The van der Waals surface area contributed by atoms with E-state index in [1.54, 1.807) is 7.11 Å². The molecule has 1 N–H and O–H groups in total. The van der Waals surface area contributed by atoms with Gasteiger partial charge in [0.2, 0.25) is 0 Å². The van der Waals surface area contributed by atoms with Crippen molar-refractivity contribution in [3.8, 4) is 0 Å². The van der Waals surface area contributed by atoms with Gasteiger partial charge in [0.25, 0.3) is 0 Å². The molecule has 0 unspecified atom stereocenters. The lowest BCUT2D eigenvalue weighted by molar-refractivity contribution is -0.154. The van der Waals surface area contributed by atoms with E-state index in [0.29, 0.717) is 12.8 Å². The van der Waals surface area contributed by atoms with Crippen LogP contribution in [0.3, 0.4) is 0 Å². The van der Waals surface area contributed by atoms with Crippen molar-refractivity contribution < 1.29 is 14.6 Å². The Bertz CT molecular complexity index is 410. The number of aliphatic carboxylic acids is 1. The molecule has 2 rings (SSSR count). The second kappa shape index (κ2) is 4.18. The second-order valence-electron chi connectivity index (χ2n) is 4.16. The van der Waals surface area contributed by atoms with Crippen molar-refractivity contribution in [2.24, 2.45) is 0 Å². The second-order valence-corrected chi connectivity index (χ2v) is 5.08. The van der Waals surface area contributed by atoms with Crippen LogP contribution in [0.5, 0.6) is 0 Å². The van der Waals surface area contributed by atoms with Crippen LogP contribution in [0.4, 0.5) is 0 Å². The molecule has 1 aliphatic carbocycles. The highest BCUT2D eigenvalue weighted by Gasteiger charge is 2.52. The fraction of sp³-hybridized carbons (Fsp3) is 0.417. The first-order chi connectivity index (χ1) is 7.58. The fourth-order valence-corrected chi connectivity index (χ4v) is 2.60. The number of hydrogen-bond acceptors (Lipinski definition) is 2. The van der Waals surface area contributed by atoms with Gasteiger partial charge in [0.1, 0.15) is 0 Å². The third-order valence-corrected chi connectivity index (χ3v) is 3.77. The van der Waals surface area contributed by atoms with Gasteiger partial charge < -0.3 is 9.84 Å². The van der Waals surface area contributed by atoms with Crippen molar-refractivity contribution in [3.63, 3.8) is 0 Å². The zero-order valence-electron chi connectivity index (χ0n) is 8.94. The molecule has 3 nitrogen and oxygen atoms in total. The Morgan fingerprint density at radius 3 is 2.75 bits per heavy atom. The van der Waals surface area contributed by atoms with Crippen molar-refractivity contribution in [2.75, 3.05) is 7.11 Å². The van der Waals surface area contributed by atoms with Crippen LogP contribution in [0.25, 0.3) is 0 Å². The highest BCUT2D eigenvalue weighted by Crippen LogP contribution is 2.45. The molecule has 0 heterocycles. The van der Waals surface area contributed by atoms with Crippen LogP contribution in [0.2, 0.25) is 0 Å². The van der Waals surface area contributed by atoms with Crippen molar-refractivity contribution >= 4 is 21.9 Å². The Labute approximate surface area is 103 Å². The normalized spacial score (nSPS) is 28.5. The van der Waals surface area contributed by atoms with Crippen LogP contribution in [0, 0.1) is 0 Å². The molecule has 0 amide bonds. The highest BCUT2D eigenvalue weighted by atomic mass is 79.9. The molecule has 16 heavy (non-hydrogen) atoms. The predicted molar refractivity (Wildman–Crippen MR) is 63.5 cm³/mol. The fourth-order valence-electron chi connectivity index (χ4n) is 2.20. The molecule has 0 saturated heterocycles. The number of ether oxygens (including phenoxy) is 1. The molecular weight excluding hydrogens is 272 g/mol. The lowest BCUT2D eigenvalue weighted by atomic mass is 9.62. The number of carboxylic acids is 1. The number of halogens is 1. The Morgan fingerprint density at radius 1 is 1.56 bits per heavy atom. The van der Waals surface area contributed by atoms with Crippen LogP contribution >= 0.6 is 15.9 Å². The summed E-state index contributed by atoms with van der Waals surface area (Å²) in [6.07, 6.45) is 1.17. The smallest absolute Gasteiger partial charge is 0.314 e. The van der Waals surface area contributed by atoms with Crippen LogP contribution in [-0.2, 0) is 14.9 Å². The van der Waals surface area contributed by atoms with Gasteiger partial charge in [0.15, 0.2) is 0 Å². The molecule has 0 atom stereocenters. The third kappa shape index (κ3) is 1.76. The number of hydrogen-bond donors (Lipinski definition) is 1. The monoisotopic (exact) mass is 284 g/mol. The Kier molecular flexibility index (Phi) is 3.04. The quantitative estimate of drug-likeness (QED) is 0.928. The van der Waals surface area contributed by atoms with Crippen molar-refractivity contribution in [1.82, 2.24) is 0 Å². The molecule has 1 aromatic rings. The number of carbonyl (C=O) groups is 1. The average Bonchev–Trinajstić information content (AvgIpc) is 2.16. The van der Waals surface area contributed by atoms with Crippen LogP contribution in [0.15, 0.2) is 28.7 Å². The summed E-state index contributed by atoms with van der Waals surface area (Å²) >= 11 is 3.37. The van der Waals surface area contributed by atoms with Gasteiger partial charge in [-0.1, -0.05) is 28.1 Å². The lowest BCUT2D eigenvalue weighted by Gasteiger charge is -2.43. The Balaban J connectivity index is 2.32. The molecule has 1 aromatic carbocycles. The number of carboxylic acid groups (broad SMARTS) is 1. The van der Waals surface area contributed by atoms with E-state index in [4.69, 9.17) is 4.74 Å². The van der Waals surface area contributed by atoms with Crippen LogP contribution < -0.4 is 0 Å². The molecule has 86 valence electrons. The van der Waals surface area contributed by atoms with Crippen molar-refractivity contribution in [1.29, 1.82) is 0 Å². The molecule has 1 saturated carbocycles. The Hall–Kier alpha value is -0.870. The largest absolute Gasteiger partial charge is 0.481 e. The molecule has 0 radical (unpaired) electrons. The summed E-state index contributed by atoms with van der Waals surface area (Å²) in [5, 5.41) is 9.37. The maximum atomic E-state index is 11.4. The molecule has 0 bridgehead atoms. The van der Waals surface area contributed by atoms with Gasteiger partial charge in [0, 0.05) is 11.6 Å². The average molecular weight is 285 g/mol. The summed E-state index contributed by atoms with van der Waals surface area (Å²) in [6.45, 7) is 0. The first kappa shape index (κ1) is 11.6. The summed E-state index contributed by atoms with van der Waals surface area (Å²) in [4.78, 5) is 11.4. The number of benzene rings is 1. The molecule has 0 spiro atoms. The summed E-state index contributed by atoms with van der Waals surface area (Å²) in [6, 6.07) is 7.50. The van der Waals surface area contributed by atoms with E-state index in [9.17, 15) is 9.90 Å². The van der Waals surface area contributed by atoms with E-state index in [1.807, 2.05) is 24.3 Å². The van der Waals surface area contributed by atoms with E-state index in [1.165, 1.54) is 0 Å². The summed E-state index contributed by atoms with van der Waals surface area (Å²) in [7, 11) is 1.62. The van der Waals surface area contributed by atoms with E-state index >= 15 is 0 Å². The van der Waals surface area contributed by atoms with Crippen molar-refractivity contribution in [3.05, 3.63) is 34.3 Å². The minimum Gasteiger partial charge on any atom is -0.481 e. The summed E-state index contributed by atoms with van der Waals surface area (Å²) in [5.74, 6) is -0.765. The Morgan fingerprint density at radius 2 is 2.25 bits per heavy atom. The van der Waals surface area contributed by atoms with Gasteiger partial charge in [0.05, 0.1) is 11.5 Å². The number of methoxy groups -OCH3 is 1. The molecular formula is C12H13BrO3. The first-order valence-corrected chi connectivity index (χ1v) is 5.90. The molecule has 1 fully saturated rings. The van der Waals surface area contributed by atoms with Gasteiger partial charge in [-0.3, -0.25) is 4.79 Å². The van der Waals surface area contributed by atoms with E-state index in [0.717, 1.165) is 10.0 Å². The topological polar surface area (TPSA) is 46.5 Å².